The summed E-state index contributed by atoms with van der Waals surface area (Å²) in [7, 11) is 1.34. The molecule has 0 saturated heterocycles. The van der Waals surface area contributed by atoms with Gasteiger partial charge in [-0.05, 0) is 18.2 Å². The van der Waals surface area contributed by atoms with Gasteiger partial charge in [0.15, 0.2) is 0 Å². The average molecular weight is 282 g/mol. The van der Waals surface area contributed by atoms with Gasteiger partial charge in [-0.2, -0.15) is 0 Å². The van der Waals surface area contributed by atoms with Crippen LogP contribution in [0.4, 0.5) is 4.39 Å². The van der Waals surface area contributed by atoms with Crippen molar-refractivity contribution in [2.24, 2.45) is 0 Å². The van der Waals surface area contributed by atoms with Crippen LogP contribution < -0.4 is 0 Å². The van der Waals surface area contributed by atoms with E-state index in [0.717, 1.165) is 0 Å². The summed E-state index contributed by atoms with van der Waals surface area (Å²) in [5.74, 6) is 0.0744. The maximum absolute atomic E-state index is 13.0. The van der Waals surface area contributed by atoms with Crippen molar-refractivity contribution >= 4 is 17.7 Å². The molecule has 0 aliphatic heterocycles. The van der Waals surface area contributed by atoms with Crippen LogP contribution >= 0.6 is 11.8 Å². The molecule has 7 heteroatoms. The number of halogens is 1. The highest BCUT2D eigenvalue weighted by atomic mass is 32.2. The monoisotopic (exact) mass is 282 g/mol. The second kappa shape index (κ2) is 6.33. The molecule has 1 aromatic carbocycles. The van der Waals surface area contributed by atoms with Crippen molar-refractivity contribution < 1.29 is 18.3 Å². The van der Waals surface area contributed by atoms with E-state index in [4.69, 9.17) is 4.42 Å². The van der Waals surface area contributed by atoms with E-state index in [1.807, 2.05) is 0 Å². The third kappa shape index (κ3) is 3.78. The number of thioether (sulfide) groups is 1. The van der Waals surface area contributed by atoms with Gasteiger partial charge in [-0.25, -0.2) is 4.39 Å². The highest BCUT2D eigenvalue weighted by Gasteiger charge is 2.10. The van der Waals surface area contributed by atoms with E-state index in [1.54, 1.807) is 12.1 Å². The van der Waals surface area contributed by atoms with Gasteiger partial charge in [0.2, 0.25) is 5.89 Å². The largest absolute Gasteiger partial charge is 0.469 e. The zero-order chi connectivity index (χ0) is 13.7. The molecule has 0 atom stereocenters. The molecule has 2 aromatic rings. The van der Waals surface area contributed by atoms with Crippen LogP contribution in [0.25, 0.3) is 11.5 Å². The molecule has 0 bridgehead atoms. The Bertz CT molecular complexity index is 574. The van der Waals surface area contributed by atoms with Crippen LogP contribution in [0.3, 0.4) is 0 Å². The van der Waals surface area contributed by atoms with Gasteiger partial charge >= 0.3 is 5.97 Å². The van der Waals surface area contributed by atoms with Crippen molar-refractivity contribution in [3.63, 3.8) is 0 Å². The molecule has 0 aliphatic rings. The van der Waals surface area contributed by atoms with Crippen LogP contribution in [-0.2, 0) is 9.53 Å². The number of ether oxygens (including phenoxy) is 1. The first-order chi connectivity index (χ1) is 9.19. The Labute approximate surface area is 113 Å². The molecule has 0 radical (unpaired) electrons. The van der Waals surface area contributed by atoms with E-state index in [-0.39, 0.29) is 24.1 Å². The summed E-state index contributed by atoms with van der Waals surface area (Å²) in [4.78, 5) is 10.9. The summed E-state index contributed by atoms with van der Waals surface area (Å²) in [6.45, 7) is 0. The van der Waals surface area contributed by atoms with Gasteiger partial charge in [0, 0.05) is 11.3 Å². The van der Waals surface area contributed by atoms with E-state index < -0.39 is 0 Å². The first-order valence-electron chi connectivity index (χ1n) is 5.48. The minimum absolute atomic E-state index is 0.250. The molecule has 19 heavy (non-hydrogen) atoms. The third-order valence-electron chi connectivity index (χ3n) is 2.24. The fraction of sp³-hybridized carbons (Fsp3) is 0.250. The minimum atomic E-state index is -0.365. The highest BCUT2D eigenvalue weighted by molar-refractivity contribution is 7.99. The molecular formula is C12H11FN2O3S. The number of hydrogen-bond donors (Lipinski definition) is 0. The predicted octanol–water partition coefficient (Wildman–Crippen LogP) is 2.53. The SMILES string of the molecule is COC(=O)CCSc1nnc(-c2cccc(F)c2)o1. The van der Waals surface area contributed by atoms with Gasteiger partial charge in [-0.3, -0.25) is 4.79 Å². The molecule has 0 saturated carbocycles. The van der Waals surface area contributed by atoms with Crippen molar-refractivity contribution in [3.8, 4) is 11.5 Å². The Morgan fingerprint density at radius 1 is 1.47 bits per heavy atom. The maximum atomic E-state index is 13.0. The molecule has 0 aliphatic carbocycles. The van der Waals surface area contributed by atoms with Gasteiger partial charge < -0.3 is 9.15 Å². The standard InChI is InChI=1S/C12H11FN2O3S/c1-17-10(16)5-6-19-12-15-14-11(18-12)8-3-2-4-9(13)7-8/h2-4,7H,5-6H2,1H3. The highest BCUT2D eigenvalue weighted by Crippen LogP contribution is 2.23. The summed E-state index contributed by atoms with van der Waals surface area (Å²) >= 11 is 1.25. The van der Waals surface area contributed by atoms with Crippen LogP contribution in [0.5, 0.6) is 0 Å². The van der Waals surface area contributed by atoms with Crippen LogP contribution in [0, 0.1) is 5.82 Å². The molecule has 5 nitrogen and oxygen atoms in total. The van der Waals surface area contributed by atoms with Crippen LogP contribution in [0.15, 0.2) is 33.9 Å². The Kier molecular flexibility index (Phi) is 4.51. The number of carbonyl (C=O) groups is 1. The fourth-order valence-electron chi connectivity index (χ4n) is 1.33. The summed E-state index contributed by atoms with van der Waals surface area (Å²) < 4.78 is 22.9. The van der Waals surface area contributed by atoms with Crippen LogP contribution in [0.1, 0.15) is 6.42 Å². The van der Waals surface area contributed by atoms with Gasteiger partial charge in [0.25, 0.3) is 5.22 Å². The van der Waals surface area contributed by atoms with Crippen molar-refractivity contribution in [3.05, 3.63) is 30.1 Å². The van der Waals surface area contributed by atoms with Crippen LogP contribution in [-0.4, -0.2) is 29.0 Å². The van der Waals surface area contributed by atoms with E-state index in [9.17, 15) is 9.18 Å². The van der Waals surface area contributed by atoms with Gasteiger partial charge in [-0.1, -0.05) is 17.8 Å². The number of methoxy groups -OCH3 is 1. The average Bonchev–Trinajstić information content (AvgIpc) is 2.87. The molecular weight excluding hydrogens is 271 g/mol. The van der Waals surface area contributed by atoms with E-state index in [2.05, 4.69) is 14.9 Å². The fourth-order valence-corrected chi connectivity index (χ4v) is 2.01. The van der Waals surface area contributed by atoms with Crippen LogP contribution in [0.2, 0.25) is 0 Å². The van der Waals surface area contributed by atoms with Gasteiger partial charge in [0.1, 0.15) is 5.82 Å². The van der Waals surface area contributed by atoms with E-state index in [1.165, 1.54) is 31.0 Å². The number of hydrogen-bond acceptors (Lipinski definition) is 6. The minimum Gasteiger partial charge on any atom is -0.469 e. The van der Waals surface area contributed by atoms with E-state index in [0.29, 0.717) is 16.5 Å². The van der Waals surface area contributed by atoms with Gasteiger partial charge in [-0.15, -0.1) is 10.2 Å². The zero-order valence-corrected chi connectivity index (χ0v) is 10.9. The van der Waals surface area contributed by atoms with E-state index >= 15 is 0 Å². The van der Waals surface area contributed by atoms with Gasteiger partial charge in [0.05, 0.1) is 13.5 Å². The molecule has 2 rings (SSSR count). The quantitative estimate of drug-likeness (QED) is 0.620. The normalized spacial score (nSPS) is 10.4. The Morgan fingerprint density at radius 2 is 2.32 bits per heavy atom. The molecule has 0 spiro atoms. The second-order valence-electron chi connectivity index (χ2n) is 3.56. The number of esters is 1. The molecule has 1 heterocycles. The second-order valence-corrected chi connectivity index (χ2v) is 4.60. The molecule has 0 amide bonds. The Hall–Kier alpha value is -1.89. The number of nitrogens with zero attached hydrogens (tertiary/aromatic N) is 2. The molecule has 0 fully saturated rings. The molecule has 1 aromatic heterocycles. The van der Waals surface area contributed by atoms with Crippen molar-refractivity contribution in [2.75, 3.05) is 12.9 Å². The number of aromatic nitrogens is 2. The zero-order valence-electron chi connectivity index (χ0n) is 10.1. The number of rotatable bonds is 5. The lowest BCUT2D eigenvalue weighted by Gasteiger charge is -1.96. The topological polar surface area (TPSA) is 65.2 Å². The predicted molar refractivity (Wildman–Crippen MR) is 67.0 cm³/mol. The Morgan fingerprint density at radius 3 is 3.05 bits per heavy atom. The lowest BCUT2D eigenvalue weighted by molar-refractivity contribution is -0.140. The first kappa shape index (κ1) is 13.5. The van der Waals surface area contributed by atoms with Crippen molar-refractivity contribution in [2.45, 2.75) is 11.6 Å². The molecule has 0 unspecified atom stereocenters. The number of carbonyl (C=O) groups excluding carboxylic acids is 1. The lowest BCUT2D eigenvalue weighted by atomic mass is 10.2. The van der Waals surface area contributed by atoms with Crippen molar-refractivity contribution in [1.82, 2.24) is 10.2 Å². The summed E-state index contributed by atoms with van der Waals surface area (Å²) in [6.07, 6.45) is 0.263. The Balaban J connectivity index is 1.97. The molecule has 100 valence electrons. The summed E-state index contributed by atoms with van der Waals surface area (Å²) in [6, 6.07) is 5.90. The summed E-state index contributed by atoms with van der Waals surface area (Å²) in [5, 5.41) is 7.98. The first-order valence-corrected chi connectivity index (χ1v) is 6.46. The smallest absolute Gasteiger partial charge is 0.306 e. The maximum Gasteiger partial charge on any atom is 0.306 e. The molecule has 0 N–H and O–H groups in total. The third-order valence-corrected chi connectivity index (χ3v) is 3.06. The lowest BCUT2D eigenvalue weighted by Crippen LogP contribution is -2.00. The number of benzene rings is 1. The van der Waals surface area contributed by atoms with Crippen molar-refractivity contribution in [1.29, 1.82) is 0 Å². The summed E-state index contributed by atoms with van der Waals surface area (Å²) in [5.41, 5.74) is 0.521.